The van der Waals surface area contributed by atoms with E-state index in [-0.39, 0.29) is 5.41 Å². The zero-order chi connectivity index (χ0) is 10.8. The second-order valence-corrected chi connectivity index (χ2v) is 4.18. The van der Waals surface area contributed by atoms with Crippen LogP contribution in [0, 0.1) is 0 Å². The molecule has 0 saturated heterocycles. The van der Waals surface area contributed by atoms with Gasteiger partial charge in [0, 0.05) is 17.8 Å². The van der Waals surface area contributed by atoms with E-state index in [1.165, 1.54) is 7.11 Å². The van der Waals surface area contributed by atoms with Crippen LogP contribution in [0.3, 0.4) is 0 Å². The molecule has 76 valence electrons. The molecule has 3 nitrogen and oxygen atoms in total. The molecule has 0 N–H and O–H groups in total. The molecule has 1 aromatic rings. The molecule has 14 heavy (non-hydrogen) atoms. The summed E-state index contributed by atoms with van der Waals surface area (Å²) in [6, 6.07) is 1.66. The van der Waals surface area contributed by atoms with Gasteiger partial charge in [0.25, 0.3) is 0 Å². The fourth-order valence-corrected chi connectivity index (χ4v) is 1.29. The summed E-state index contributed by atoms with van der Waals surface area (Å²) in [6.45, 7) is 6.14. The van der Waals surface area contributed by atoms with Crippen molar-refractivity contribution in [2.45, 2.75) is 26.2 Å². The Morgan fingerprint density at radius 3 is 2.50 bits per heavy atom. The molecule has 0 aliphatic carbocycles. The monoisotopic (exact) mass is 193 g/mol. The Hall–Kier alpha value is -1.38. The third-order valence-electron chi connectivity index (χ3n) is 2.05. The van der Waals surface area contributed by atoms with Crippen molar-refractivity contribution in [2.24, 2.45) is 0 Å². The SMILES string of the molecule is COc1cc(C=O)c(C(C)(C)C)cn1. The number of aromatic nitrogens is 1. The summed E-state index contributed by atoms with van der Waals surface area (Å²) >= 11 is 0. The van der Waals surface area contributed by atoms with Gasteiger partial charge >= 0.3 is 0 Å². The van der Waals surface area contributed by atoms with Crippen molar-refractivity contribution >= 4 is 6.29 Å². The van der Waals surface area contributed by atoms with Gasteiger partial charge in [-0.15, -0.1) is 0 Å². The molecule has 0 aliphatic heterocycles. The predicted molar refractivity (Wildman–Crippen MR) is 54.9 cm³/mol. The molecule has 0 spiro atoms. The number of hydrogen-bond donors (Lipinski definition) is 0. The first-order chi connectivity index (χ1) is 6.49. The van der Waals surface area contributed by atoms with Crippen LogP contribution < -0.4 is 4.74 Å². The van der Waals surface area contributed by atoms with E-state index >= 15 is 0 Å². The smallest absolute Gasteiger partial charge is 0.213 e. The Morgan fingerprint density at radius 1 is 1.43 bits per heavy atom. The minimum atomic E-state index is -0.0739. The quantitative estimate of drug-likeness (QED) is 0.676. The van der Waals surface area contributed by atoms with E-state index < -0.39 is 0 Å². The summed E-state index contributed by atoms with van der Waals surface area (Å²) in [6.07, 6.45) is 2.54. The lowest BCUT2D eigenvalue weighted by atomic mass is 9.85. The molecule has 0 bridgehead atoms. The van der Waals surface area contributed by atoms with E-state index in [9.17, 15) is 4.79 Å². The average molecular weight is 193 g/mol. The van der Waals surface area contributed by atoms with Crippen molar-refractivity contribution in [1.82, 2.24) is 4.98 Å². The molecule has 0 radical (unpaired) electrons. The minimum absolute atomic E-state index is 0.0739. The van der Waals surface area contributed by atoms with Crippen molar-refractivity contribution < 1.29 is 9.53 Å². The van der Waals surface area contributed by atoms with E-state index in [1.54, 1.807) is 12.3 Å². The van der Waals surface area contributed by atoms with Crippen LogP contribution in [-0.4, -0.2) is 18.4 Å². The highest BCUT2D eigenvalue weighted by atomic mass is 16.5. The third-order valence-corrected chi connectivity index (χ3v) is 2.05. The van der Waals surface area contributed by atoms with Crippen molar-refractivity contribution in [1.29, 1.82) is 0 Å². The molecule has 0 saturated carbocycles. The maximum Gasteiger partial charge on any atom is 0.213 e. The van der Waals surface area contributed by atoms with Gasteiger partial charge in [-0.05, 0) is 11.0 Å². The Balaban J connectivity index is 3.25. The predicted octanol–water partition coefficient (Wildman–Crippen LogP) is 2.20. The fourth-order valence-electron chi connectivity index (χ4n) is 1.29. The Labute approximate surface area is 84.1 Å². The first-order valence-electron chi connectivity index (χ1n) is 4.48. The van der Waals surface area contributed by atoms with Gasteiger partial charge in [-0.25, -0.2) is 4.98 Å². The standard InChI is InChI=1S/C11H15NO2/c1-11(2,3)9-6-12-10(14-4)5-8(9)7-13/h5-7H,1-4H3. The Bertz CT molecular complexity index is 340. The number of hydrogen-bond acceptors (Lipinski definition) is 3. The van der Waals surface area contributed by atoms with Gasteiger partial charge in [-0.3, -0.25) is 4.79 Å². The highest BCUT2D eigenvalue weighted by molar-refractivity contribution is 5.78. The van der Waals surface area contributed by atoms with Crippen molar-refractivity contribution in [2.75, 3.05) is 7.11 Å². The summed E-state index contributed by atoms with van der Waals surface area (Å²) in [5.74, 6) is 0.472. The summed E-state index contributed by atoms with van der Waals surface area (Å²) in [5, 5.41) is 0. The van der Waals surface area contributed by atoms with Crippen molar-refractivity contribution in [3.63, 3.8) is 0 Å². The van der Waals surface area contributed by atoms with Crippen molar-refractivity contribution in [3.8, 4) is 5.88 Å². The summed E-state index contributed by atoms with van der Waals surface area (Å²) in [7, 11) is 1.54. The summed E-state index contributed by atoms with van der Waals surface area (Å²) in [5.41, 5.74) is 1.51. The molecule has 0 fully saturated rings. The van der Waals surface area contributed by atoms with Crippen molar-refractivity contribution in [3.05, 3.63) is 23.4 Å². The van der Waals surface area contributed by atoms with Crippen LogP contribution >= 0.6 is 0 Å². The second-order valence-electron chi connectivity index (χ2n) is 4.18. The maximum atomic E-state index is 10.9. The molecule has 0 unspecified atom stereocenters. The lowest BCUT2D eigenvalue weighted by Gasteiger charge is -2.20. The van der Waals surface area contributed by atoms with Gasteiger partial charge in [0.2, 0.25) is 5.88 Å². The number of nitrogens with zero attached hydrogens (tertiary/aromatic N) is 1. The van der Waals surface area contributed by atoms with E-state index in [0.717, 1.165) is 11.8 Å². The number of aldehydes is 1. The molecule has 1 heterocycles. The molecule has 1 rings (SSSR count). The van der Waals surface area contributed by atoms with Crippen LogP contribution in [0.5, 0.6) is 5.88 Å². The molecule has 0 amide bonds. The molecule has 0 aromatic carbocycles. The summed E-state index contributed by atoms with van der Waals surface area (Å²) < 4.78 is 4.95. The van der Waals surface area contributed by atoms with Gasteiger partial charge in [0.05, 0.1) is 7.11 Å². The average Bonchev–Trinajstić information content (AvgIpc) is 2.15. The zero-order valence-corrected chi connectivity index (χ0v) is 9.00. The first kappa shape index (κ1) is 10.7. The van der Waals surface area contributed by atoms with Gasteiger partial charge in [-0.2, -0.15) is 0 Å². The molecule has 3 heteroatoms. The lowest BCUT2D eigenvalue weighted by Crippen LogP contribution is -2.14. The number of pyridine rings is 1. The number of ether oxygens (including phenoxy) is 1. The third kappa shape index (κ3) is 2.10. The molecular formula is C11H15NO2. The van der Waals surface area contributed by atoms with Crippen LogP contribution in [-0.2, 0) is 5.41 Å². The largest absolute Gasteiger partial charge is 0.481 e. The zero-order valence-electron chi connectivity index (χ0n) is 9.00. The van der Waals surface area contributed by atoms with Crippen LogP contribution in [0.2, 0.25) is 0 Å². The molecule has 1 aromatic heterocycles. The van der Waals surface area contributed by atoms with Gasteiger partial charge in [-0.1, -0.05) is 20.8 Å². The summed E-state index contributed by atoms with van der Waals surface area (Å²) in [4.78, 5) is 14.9. The number of carbonyl (C=O) groups is 1. The lowest BCUT2D eigenvalue weighted by molar-refractivity contribution is 0.112. The van der Waals surface area contributed by atoms with E-state index in [2.05, 4.69) is 4.98 Å². The van der Waals surface area contributed by atoms with E-state index in [0.29, 0.717) is 11.4 Å². The van der Waals surface area contributed by atoms with E-state index in [4.69, 9.17) is 4.74 Å². The Kier molecular flexibility index (Phi) is 2.89. The topological polar surface area (TPSA) is 39.2 Å². The van der Waals surface area contributed by atoms with Crippen LogP contribution in [0.15, 0.2) is 12.3 Å². The maximum absolute atomic E-state index is 10.9. The highest BCUT2D eigenvalue weighted by Gasteiger charge is 2.18. The van der Waals surface area contributed by atoms with Crippen LogP contribution in [0.4, 0.5) is 0 Å². The molecule has 0 atom stereocenters. The van der Waals surface area contributed by atoms with Gasteiger partial charge in [0.1, 0.15) is 0 Å². The second kappa shape index (κ2) is 3.78. The number of rotatable bonds is 2. The van der Waals surface area contributed by atoms with Gasteiger partial charge < -0.3 is 4.74 Å². The number of methoxy groups -OCH3 is 1. The van der Waals surface area contributed by atoms with Gasteiger partial charge in [0.15, 0.2) is 6.29 Å². The van der Waals surface area contributed by atoms with Crippen LogP contribution in [0.1, 0.15) is 36.7 Å². The van der Waals surface area contributed by atoms with Crippen LogP contribution in [0.25, 0.3) is 0 Å². The number of carbonyl (C=O) groups excluding carboxylic acids is 1. The normalized spacial score (nSPS) is 11.1. The highest BCUT2D eigenvalue weighted by Crippen LogP contribution is 2.25. The molecular weight excluding hydrogens is 178 g/mol. The van der Waals surface area contributed by atoms with E-state index in [1.807, 2.05) is 20.8 Å². The minimum Gasteiger partial charge on any atom is -0.481 e. The fraction of sp³-hybridized carbons (Fsp3) is 0.455. The Morgan fingerprint density at radius 2 is 2.07 bits per heavy atom. The molecule has 0 aliphatic rings. The first-order valence-corrected chi connectivity index (χ1v) is 4.48.